The van der Waals surface area contributed by atoms with E-state index in [9.17, 15) is 13.8 Å². The van der Waals surface area contributed by atoms with Crippen molar-refractivity contribution in [2.75, 3.05) is 12.3 Å². The van der Waals surface area contributed by atoms with Gasteiger partial charge >= 0.3 is 19.8 Å². The molecule has 0 unspecified atom stereocenters. The zero-order valence-electron chi connectivity index (χ0n) is 26.6. The number of nitrogens with one attached hydrogen (secondary N) is 1. The van der Waals surface area contributed by atoms with Crippen molar-refractivity contribution in [2.45, 2.75) is 89.4 Å². The number of rotatable bonds is 13. The van der Waals surface area contributed by atoms with E-state index in [1.54, 1.807) is 30.3 Å². The molecule has 1 saturated heterocycles. The Bertz CT molecular complexity index is 1680. The summed E-state index contributed by atoms with van der Waals surface area (Å²) in [6, 6.07) is 7.29. The van der Waals surface area contributed by atoms with Crippen LogP contribution in [0.1, 0.15) is 65.5 Å². The normalized spacial score (nSPS) is 23.6. The Morgan fingerprint density at radius 2 is 1.96 bits per heavy atom. The third-order valence-electron chi connectivity index (χ3n) is 8.15. The number of nitrogens with zero attached hydrogens (tertiary/aromatic N) is 4. The summed E-state index contributed by atoms with van der Waals surface area (Å²) in [5.74, 6) is 2.47. The fourth-order valence-corrected chi connectivity index (χ4v) is 6.94. The number of benzene rings is 1. The first-order chi connectivity index (χ1) is 22.4. The summed E-state index contributed by atoms with van der Waals surface area (Å²) in [5.41, 5.74) is 4.46. The van der Waals surface area contributed by atoms with Gasteiger partial charge in [0.2, 0.25) is 0 Å². The van der Waals surface area contributed by atoms with Crippen molar-refractivity contribution in [3.8, 4) is 18.1 Å². The topological polar surface area (TPSA) is 162 Å². The molecule has 0 radical (unpaired) electrons. The third kappa shape index (κ3) is 7.93. The highest BCUT2D eigenvalue weighted by molar-refractivity contribution is 7.52. The number of hydrogen-bond donors (Lipinski definition) is 2. The molecular weight excluding hydrogens is 630 g/mol. The van der Waals surface area contributed by atoms with Gasteiger partial charge < -0.3 is 24.5 Å². The first-order valence-corrected chi connectivity index (χ1v) is 17.1. The van der Waals surface area contributed by atoms with Gasteiger partial charge in [0, 0.05) is 12.3 Å². The molecule has 252 valence electrons. The second-order valence-electron chi connectivity index (χ2n) is 12.0. The van der Waals surface area contributed by atoms with Crippen LogP contribution in [0.5, 0.6) is 5.75 Å². The van der Waals surface area contributed by atoms with E-state index < -0.39 is 50.4 Å². The van der Waals surface area contributed by atoms with Gasteiger partial charge in [0.25, 0.3) is 0 Å². The largest absolute Gasteiger partial charge is 0.491 e. The van der Waals surface area contributed by atoms with E-state index in [4.69, 9.17) is 35.4 Å². The average Bonchev–Trinajstić information content (AvgIpc) is 3.63. The van der Waals surface area contributed by atoms with Crippen LogP contribution in [0.2, 0.25) is 0 Å². The molecule has 5 rings (SSSR count). The summed E-state index contributed by atoms with van der Waals surface area (Å²) >= 11 is 0. The highest BCUT2D eigenvalue weighted by Gasteiger charge is 2.53. The Labute approximate surface area is 273 Å². The summed E-state index contributed by atoms with van der Waals surface area (Å²) in [7, 11) is -4.33. The number of anilines is 1. The minimum absolute atomic E-state index is 0.0774. The Hall–Kier alpha value is -4.02. The first kappa shape index (κ1) is 34.3. The number of imidazole rings is 1. The van der Waals surface area contributed by atoms with Gasteiger partial charge in [-0.2, -0.15) is 19.4 Å². The minimum Gasteiger partial charge on any atom is -0.491 e. The number of nitrogen functional groups attached to an aromatic ring is 1. The van der Waals surface area contributed by atoms with Crippen LogP contribution in [0.15, 0.2) is 49.0 Å². The fraction of sp³-hybridized carbons (Fsp3) is 0.500. The lowest BCUT2D eigenvalue weighted by atomic mass is 9.98. The molecule has 2 aromatic heterocycles. The molecule has 0 spiro atoms. The minimum atomic E-state index is -4.33. The zero-order valence-corrected chi connectivity index (χ0v) is 27.5. The van der Waals surface area contributed by atoms with Gasteiger partial charge in [-0.05, 0) is 44.7 Å². The van der Waals surface area contributed by atoms with Gasteiger partial charge in [0.15, 0.2) is 22.6 Å². The second-order valence-corrected chi connectivity index (χ2v) is 13.7. The number of carbonyl (C=O) groups excluding carboxylic acids is 1. The van der Waals surface area contributed by atoms with Gasteiger partial charge in [-0.15, -0.1) is 6.42 Å². The average molecular weight is 671 g/mol. The van der Waals surface area contributed by atoms with Crippen LogP contribution in [-0.4, -0.2) is 55.9 Å². The van der Waals surface area contributed by atoms with Crippen molar-refractivity contribution in [1.29, 1.82) is 0 Å². The molecule has 0 bridgehead atoms. The first-order valence-electron chi connectivity index (χ1n) is 15.6. The van der Waals surface area contributed by atoms with E-state index in [0.29, 0.717) is 5.76 Å². The smallest absolute Gasteiger partial charge is 0.459 e. The number of nitrogens with two attached hydrogens (primary N) is 1. The molecule has 1 saturated carbocycles. The van der Waals surface area contributed by atoms with Crippen molar-refractivity contribution in [3.63, 3.8) is 0 Å². The molecule has 3 aromatic rings. The molecule has 5 atom stereocenters. The van der Waals surface area contributed by atoms with Crippen LogP contribution in [-0.2, 0) is 28.1 Å². The Kier molecular flexibility index (Phi) is 10.5. The molecule has 15 heteroatoms. The maximum Gasteiger partial charge on any atom is 0.459 e. The van der Waals surface area contributed by atoms with Crippen LogP contribution in [0.4, 0.5) is 10.2 Å². The molecule has 1 aliphatic heterocycles. The number of aromatic nitrogens is 4. The van der Waals surface area contributed by atoms with E-state index in [1.807, 2.05) is 13.8 Å². The molecule has 1 aromatic carbocycles. The van der Waals surface area contributed by atoms with Crippen LogP contribution < -0.4 is 15.3 Å². The number of ether oxygens (including phenoxy) is 3. The Morgan fingerprint density at radius 3 is 2.64 bits per heavy atom. The van der Waals surface area contributed by atoms with Crippen molar-refractivity contribution in [3.05, 3.63) is 55.1 Å². The predicted molar refractivity (Wildman–Crippen MR) is 171 cm³/mol. The highest BCUT2D eigenvalue weighted by Crippen LogP contribution is 2.49. The lowest BCUT2D eigenvalue weighted by Gasteiger charge is -2.32. The standard InChI is InChI=1S/C32H40FN6O7P/c1-6-32(25(43-22(5)20(2)3)17-26(45-32)39-19-35-27-28(34)36-31(33)37-29(27)39)18-42-47(41,46-24-15-11-8-12-16-24)38-21(4)30(40)44-23-13-9-7-10-14-23/h1,8,11-12,15-16,19-21,23,25-26H,5,7,9-10,13-14,17-18H2,2-4H3,(H,38,41)(H2,34,36,37)/t21-,25-,26+,32+,47-/m0/s1. The van der Waals surface area contributed by atoms with Crippen molar-refractivity contribution < 1.29 is 37.0 Å². The molecule has 2 aliphatic rings. The van der Waals surface area contributed by atoms with E-state index in [1.165, 1.54) is 17.8 Å². The molecule has 3 N–H and O–H groups in total. The summed E-state index contributed by atoms with van der Waals surface area (Å²) in [4.78, 5) is 24.6. The van der Waals surface area contributed by atoms with E-state index in [2.05, 4.69) is 32.5 Å². The third-order valence-corrected chi connectivity index (χ3v) is 9.78. The summed E-state index contributed by atoms with van der Waals surface area (Å²) in [6.45, 7) is 8.82. The van der Waals surface area contributed by atoms with Crippen LogP contribution in [0.25, 0.3) is 11.2 Å². The maximum atomic E-state index is 14.4. The zero-order chi connectivity index (χ0) is 33.8. The number of fused-ring (bicyclic) bond motifs is 1. The number of carbonyl (C=O) groups is 1. The molecule has 3 heterocycles. The monoisotopic (exact) mass is 670 g/mol. The number of hydrogen-bond acceptors (Lipinski definition) is 11. The molecule has 47 heavy (non-hydrogen) atoms. The molecule has 1 aliphatic carbocycles. The van der Waals surface area contributed by atoms with Crippen LogP contribution in [0, 0.1) is 24.3 Å². The Morgan fingerprint density at radius 1 is 1.23 bits per heavy atom. The molecule has 13 nitrogen and oxygen atoms in total. The maximum absolute atomic E-state index is 14.4. The highest BCUT2D eigenvalue weighted by atomic mass is 31.2. The van der Waals surface area contributed by atoms with Gasteiger partial charge in [-0.1, -0.05) is 51.0 Å². The van der Waals surface area contributed by atoms with Crippen LogP contribution in [0.3, 0.4) is 0 Å². The number of allylic oxidation sites excluding steroid dienone is 1. The predicted octanol–water partition coefficient (Wildman–Crippen LogP) is 5.45. The fourth-order valence-electron chi connectivity index (χ4n) is 5.42. The van der Waals surface area contributed by atoms with Crippen molar-refractivity contribution >= 4 is 30.7 Å². The van der Waals surface area contributed by atoms with Gasteiger partial charge in [-0.25, -0.2) is 9.55 Å². The second kappa shape index (κ2) is 14.4. The lowest BCUT2D eigenvalue weighted by molar-refractivity contribution is -0.152. The number of terminal acetylenes is 1. The molecular formula is C32H40FN6O7P. The summed E-state index contributed by atoms with van der Waals surface area (Å²) < 4.78 is 60.1. The number of para-hydroxylation sites is 1. The summed E-state index contributed by atoms with van der Waals surface area (Å²) in [6.07, 6.45) is 9.20. The summed E-state index contributed by atoms with van der Waals surface area (Å²) in [5, 5.41) is 2.71. The van der Waals surface area contributed by atoms with Crippen LogP contribution >= 0.6 is 7.75 Å². The van der Waals surface area contributed by atoms with E-state index >= 15 is 0 Å². The van der Waals surface area contributed by atoms with E-state index in [-0.39, 0.29) is 41.2 Å². The van der Waals surface area contributed by atoms with Crippen molar-refractivity contribution in [1.82, 2.24) is 24.6 Å². The van der Waals surface area contributed by atoms with Gasteiger partial charge in [0.05, 0.1) is 12.1 Å². The quantitative estimate of drug-likeness (QED) is 0.0779. The SMILES string of the molecule is C#C[C@]1(CO[P@@](=O)(N[C@@H](C)C(=O)OC2CCCCC2)Oc2ccccc2)O[C@@H](n2cnc3c(N)nc(F)nc32)C[C@@H]1OC(=C)C(C)C. The van der Waals surface area contributed by atoms with E-state index in [0.717, 1.165) is 32.1 Å². The molecule has 2 fully saturated rings. The molecule has 0 amide bonds. The van der Waals surface area contributed by atoms with Crippen molar-refractivity contribution in [2.24, 2.45) is 5.92 Å². The van der Waals surface area contributed by atoms with Gasteiger partial charge in [-0.3, -0.25) is 13.9 Å². The Balaban J connectivity index is 1.42. The lowest BCUT2D eigenvalue weighted by Crippen LogP contribution is -2.45. The number of halogens is 1. The number of esters is 1. The van der Waals surface area contributed by atoms with Gasteiger partial charge in [0.1, 0.15) is 36.8 Å².